The summed E-state index contributed by atoms with van der Waals surface area (Å²) in [6, 6.07) is 14.6. The molecule has 0 bridgehead atoms. The van der Waals surface area contributed by atoms with Crippen molar-refractivity contribution in [3.8, 4) is 11.6 Å². The number of nitrogens with zero attached hydrogens (tertiary/aromatic N) is 2. The highest BCUT2D eigenvalue weighted by Crippen LogP contribution is 2.21. The Labute approximate surface area is 146 Å². The van der Waals surface area contributed by atoms with Crippen LogP contribution >= 0.6 is 0 Å². The van der Waals surface area contributed by atoms with E-state index in [0.717, 1.165) is 11.1 Å². The Bertz CT molecular complexity index is 1010. The lowest BCUT2D eigenvalue weighted by Crippen LogP contribution is -2.11. The summed E-state index contributed by atoms with van der Waals surface area (Å²) in [7, 11) is 0. The van der Waals surface area contributed by atoms with Crippen LogP contribution in [0, 0.1) is 0 Å². The minimum absolute atomic E-state index is 0.0423. The summed E-state index contributed by atoms with van der Waals surface area (Å²) in [5.74, 6) is 1.17. The average molecular weight is 330 g/mol. The first-order chi connectivity index (χ1) is 12.2. The molecule has 3 aromatic rings. The van der Waals surface area contributed by atoms with E-state index in [1.807, 2.05) is 61.5 Å². The molecule has 0 fully saturated rings. The second kappa shape index (κ2) is 7.45. The molecule has 2 aromatic heterocycles. The largest absolute Gasteiger partial charge is 0.438 e. The van der Waals surface area contributed by atoms with Crippen LogP contribution in [-0.2, 0) is 0 Å². The molecule has 124 valence electrons. The third kappa shape index (κ3) is 3.75. The van der Waals surface area contributed by atoms with E-state index >= 15 is 0 Å². The first-order valence-electron chi connectivity index (χ1n) is 7.91. The zero-order valence-corrected chi connectivity index (χ0v) is 13.9. The fraction of sp³-hybridized carbons (Fsp3) is 0.0476. The Hall–Kier alpha value is -3.40. The van der Waals surface area contributed by atoms with Crippen LogP contribution in [0.1, 0.15) is 12.5 Å². The van der Waals surface area contributed by atoms with Crippen molar-refractivity contribution in [2.24, 2.45) is 0 Å². The lowest BCUT2D eigenvalue weighted by atomic mass is 10.1. The molecule has 0 saturated heterocycles. The molecule has 4 nitrogen and oxygen atoms in total. The van der Waals surface area contributed by atoms with Gasteiger partial charge in [-0.25, -0.2) is 4.52 Å². The van der Waals surface area contributed by atoms with Gasteiger partial charge in [0.05, 0.1) is 11.1 Å². The number of rotatable bonds is 5. The maximum atomic E-state index is 12.3. The Morgan fingerprint density at radius 3 is 2.68 bits per heavy atom. The van der Waals surface area contributed by atoms with Gasteiger partial charge in [0.25, 0.3) is 0 Å². The predicted octanol–water partition coefficient (Wildman–Crippen LogP) is 4.63. The summed E-state index contributed by atoms with van der Waals surface area (Å²) in [5.41, 5.74) is 2.17. The van der Waals surface area contributed by atoms with Crippen molar-refractivity contribution in [3.63, 3.8) is 0 Å². The lowest BCUT2D eigenvalue weighted by Gasteiger charge is -2.09. The summed E-state index contributed by atoms with van der Waals surface area (Å²) in [6.07, 6.45) is 8.88. The molecule has 2 heterocycles. The Morgan fingerprint density at radius 2 is 1.92 bits per heavy atom. The summed E-state index contributed by atoms with van der Waals surface area (Å²) in [4.78, 5) is 12.3. The van der Waals surface area contributed by atoms with Crippen molar-refractivity contribution in [2.45, 2.75) is 6.92 Å². The lowest BCUT2D eigenvalue weighted by molar-refractivity contribution is 0.452. The Balaban J connectivity index is 2.03. The van der Waals surface area contributed by atoms with Crippen molar-refractivity contribution >= 4 is 11.1 Å². The van der Waals surface area contributed by atoms with E-state index in [1.165, 1.54) is 6.07 Å². The van der Waals surface area contributed by atoms with E-state index in [-0.39, 0.29) is 5.43 Å². The van der Waals surface area contributed by atoms with Gasteiger partial charge in [-0.2, -0.15) is 0 Å². The number of aromatic nitrogens is 2. The zero-order valence-electron chi connectivity index (χ0n) is 13.9. The maximum absolute atomic E-state index is 12.3. The van der Waals surface area contributed by atoms with E-state index in [0.29, 0.717) is 17.2 Å². The van der Waals surface area contributed by atoms with Crippen LogP contribution in [0.2, 0.25) is 0 Å². The minimum Gasteiger partial charge on any atom is -0.438 e. The number of pyridine rings is 1. The highest BCUT2D eigenvalue weighted by atomic mass is 16.5. The molecule has 1 aromatic carbocycles. The Kier molecular flexibility index (Phi) is 4.90. The van der Waals surface area contributed by atoms with Gasteiger partial charge in [-0.3, -0.25) is 4.79 Å². The summed E-state index contributed by atoms with van der Waals surface area (Å²) >= 11 is 0. The van der Waals surface area contributed by atoms with Gasteiger partial charge >= 0.3 is 0 Å². The van der Waals surface area contributed by atoms with Crippen LogP contribution in [0.3, 0.4) is 0 Å². The molecule has 0 spiro atoms. The SMILES string of the molecule is C=C/C=C\C=C(/C)c1c(=O)ccn2nc(Oc3ccccc3)ccc12. The van der Waals surface area contributed by atoms with E-state index in [2.05, 4.69) is 11.7 Å². The quantitative estimate of drug-likeness (QED) is 0.641. The third-order valence-electron chi connectivity index (χ3n) is 3.66. The number of para-hydroxylation sites is 1. The van der Waals surface area contributed by atoms with Gasteiger partial charge < -0.3 is 4.74 Å². The van der Waals surface area contributed by atoms with Gasteiger partial charge in [-0.15, -0.1) is 5.10 Å². The zero-order chi connectivity index (χ0) is 17.6. The number of hydrogen-bond acceptors (Lipinski definition) is 3. The maximum Gasteiger partial charge on any atom is 0.237 e. The molecule has 0 aliphatic heterocycles. The molecule has 0 radical (unpaired) electrons. The van der Waals surface area contributed by atoms with Gasteiger partial charge in [0, 0.05) is 18.3 Å². The van der Waals surface area contributed by atoms with Crippen LogP contribution in [0.5, 0.6) is 11.6 Å². The molecular weight excluding hydrogens is 312 g/mol. The number of fused-ring (bicyclic) bond motifs is 1. The first-order valence-corrected chi connectivity index (χ1v) is 7.91. The summed E-state index contributed by atoms with van der Waals surface area (Å²) in [5, 5.41) is 4.45. The summed E-state index contributed by atoms with van der Waals surface area (Å²) in [6.45, 7) is 5.54. The van der Waals surface area contributed by atoms with Crippen LogP contribution in [0.15, 0.2) is 90.4 Å². The van der Waals surface area contributed by atoms with Crippen molar-refractivity contribution in [2.75, 3.05) is 0 Å². The van der Waals surface area contributed by atoms with E-state index in [4.69, 9.17) is 4.74 Å². The van der Waals surface area contributed by atoms with Gasteiger partial charge in [-0.1, -0.05) is 49.1 Å². The second-order valence-electron chi connectivity index (χ2n) is 5.44. The second-order valence-corrected chi connectivity index (χ2v) is 5.44. The molecule has 0 amide bonds. The van der Waals surface area contributed by atoms with Crippen LogP contribution < -0.4 is 10.2 Å². The number of benzene rings is 1. The summed E-state index contributed by atoms with van der Waals surface area (Å²) < 4.78 is 7.41. The fourth-order valence-corrected chi connectivity index (χ4v) is 2.50. The predicted molar refractivity (Wildman–Crippen MR) is 101 cm³/mol. The molecule has 0 aliphatic rings. The van der Waals surface area contributed by atoms with Crippen LogP contribution in [-0.4, -0.2) is 9.61 Å². The van der Waals surface area contributed by atoms with Crippen molar-refractivity contribution in [3.05, 3.63) is 101 Å². The molecule has 4 heteroatoms. The van der Waals surface area contributed by atoms with Gasteiger partial charge in [0.2, 0.25) is 5.88 Å². The molecule has 0 saturated carbocycles. The van der Waals surface area contributed by atoms with E-state index < -0.39 is 0 Å². The van der Waals surface area contributed by atoms with Gasteiger partial charge in [0.15, 0.2) is 5.43 Å². The van der Waals surface area contributed by atoms with Crippen molar-refractivity contribution in [1.82, 2.24) is 9.61 Å². The van der Waals surface area contributed by atoms with E-state index in [9.17, 15) is 4.79 Å². The highest BCUT2D eigenvalue weighted by molar-refractivity contribution is 5.77. The van der Waals surface area contributed by atoms with Gasteiger partial charge in [0.1, 0.15) is 5.75 Å². The fourth-order valence-electron chi connectivity index (χ4n) is 2.50. The highest BCUT2D eigenvalue weighted by Gasteiger charge is 2.09. The molecule has 25 heavy (non-hydrogen) atoms. The molecular formula is C21H18N2O2. The van der Waals surface area contributed by atoms with Crippen molar-refractivity contribution < 1.29 is 4.74 Å². The molecule has 3 rings (SSSR count). The number of hydrogen-bond donors (Lipinski definition) is 0. The monoisotopic (exact) mass is 330 g/mol. The standard InChI is InChI=1S/C21H18N2O2/c1-3-4-6-9-16(2)21-18-12-13-20(22-23(18)15-14-19(21)24)25-17-10-7-5-8-11-17/h3-15H,1H2,2H3/b6-4-,16-9+. The van der Waals surface area contributed by atoms with E-state index in [1.54, 1.807) is 22.9 Å². The van der Waals surface area contributed by atoms with Crippen molar-refractivity contribution in [1.29, 1.82) is 0 Å². The number of ether oxygens (including phenoxy) is 1. The van der Waals surface area contributed by atoms with Crippen LogP contribution in [0.25, 0.3) is 11.1 Å². The smallest absolute Gasteiger partial charge is 0.237 e. The normalized spacial score (nSPS) is 11.8. The molecule has 0 atom stereocenters. The number of allylic oxidation sites excluding steroid dienone is 5. The third-order valence-corrected chi connectivity index (χ3v) is 3.66. The minimum atomic E-state index is -0.0423. The van der Waals surface area contributed by atoms with Gasteiger partial charge in [-0.05, 0) is 30.7 Å². The molecule has 0 aliphatic carbocycles. The Morgan fingerprint density at radius 1 is 1.12 bits per heavy atom. The van der Waals surface area contributed by atoms with Crippen LogP contribution in [0.4, 0.5) is 0 Å². The topological polar surface area (TPSA) is 43.6 Å². The first kappa shape index (κ1) is 16.5. The average Bonchev–Trinajstić information content (AvgIpc) is 2.63. The molecule has 0 N–H and O–H groups in total. The molecule has 0 unspecified atom stereocenters.